The third-order valence-electron chi connectivity index (χ3n) is 3.84. The maximum atomic E-state index is 3.90. The SMILES string of the molecule is CCCC(NC1CCCC(C)C1)c1cccs1. The molecule has 1 aromatic heterocycles. The van der Waals surface area contributed by atoms with E-state index in [0.717, 1.165) is 12.0 Å². The maximum Gasteiger partial charge on any atom is 0.0416 e. The average Bonchev–Trinajstić information content (AvgIpc) is 2.82. The fourth-order valence-corrected chi connectivity index (χ4v) is 3.78. The molecule has 3 unspecified atom stereocenters. The van der Waals surface area contributed by atoms with E-state index >= 15 is 0 Å². The number of nitrogens with one attached hydrogen (secondary N) is 1. The van der Waals surface area contributed by atoms with E-state index in [0.29, 0.717) is 6.04 Å². The van der Waals surface area contributed by atoms with Crippen molar-refractivity contribution in [1.29, 1.82) is 0 Å². The molecule has 1 fully saturated rings. The lowest BCUT2D eigenvalue weighted by atomic mass is 9.86. The van der Waals surface area contributed by atoms with Crippen LogP contribution < -0.4 is 5.32 Å². The van der Waals surface area contributed by atoms with E-state index < -0.39 is 0 Å². The lowest BCUT2D eigenvalue weighted by molar-refractivity contribution is 0.277. The van der Waals surface area contributed by atoms with Gasteiger partial charge in [0.2, 0.25) is 0 Å². The molecule has 0 spiro atoms. The lowest BCUT2D eigenvalue weighted by Crippen LogP contribution is -2.36. The molecule has 2 heteroatoms. The lowest BCUT2D eigenvalue weighted by Gasteiger charge is -2.31. The molecular formula is C15H25NS. The third-order valence-corrected chi connectivity index (χ3v) is 4.82. The normalized spacial score (nSPS) is 26.9. The van der Waals surface area contributed by atoms with Gasteiger partial charge in [0, 0.05) is 17.0 Å². The molecule has 0 aromatic carbocycles. The second-order valence-electron chi connectivity index (χ2n) is 5.49. The second-order valence-corrected chi connectivity index (χ2v) is 6.47. The van der Waals surface area contributed by atoms with Gasteiger partial charge in [0.25, 0.3) is 0 Å². The molecule has 1 aromatic rings. The van der Waals surface area contributed by atoms with Gasteiger partial charge in [-0.3, -0.25) is 0 Å². The number of thiophene rings is 1. The molecule has 1 N–H and O–H groups in total. The first-order valence-electron chi connectivity index (χ1n) is 7.09. The molecule has 0 aliphatic heterocycles. The van der Waals surface area contributed by atoms with Crippen LogP contribution in [0.5, 0.6) is 0 Å². The van der Waals surface area contributed by atoms with Crippen molar-refractivity contribution >= 4 is 11.3 Å². The fourth-order valence-electron chi connectivity index (χ4n) is 2.96. The van der Waals surface area contributed by atoms with E-state index in [-0.39, 0.29) is 0 Å². The Morgan fingerprint density at radius 2 is 2.35 bits per heavy atom. The molecule has 0 amide bonds. The Bertz CT molecular complexity index is 307. The Labute approximate surface area is 110 Å². The Hall–Kier alpha value is -0.340. The van der Waals surface area contributed by atoms with Crippen molar-refractivity contribution < 1.29 is 0 Å². The zero-order chi connectivity index (χ0) is 12.1. The van der Waals surface area contributed by atoms with Gasteiger partial charge in [-0.15, -0.1) is 11.3 Å². The summed E-state index contributed by atoms with van der Waals surface area (Å²) in [6.07, 6.45) is 8.10. The number of rotatable bonds is 5. The molecule has 3 atom stereocenters. The minimum absolute atomic E-state index is 0.593. The predicted octanol–water partition coefficient (Wildman–Crippen LogP) is 4.76. The fraction of sp³-hybridized carbons (Fsp3) is 0.733. The van der Waals surface area contributed by atoms with Crippen LogP contribution in [0.3, 0.4) is 0 Å². The summed E-state index contributed by atoms with van der Waals surface area (Å²) in [4.78, 5) is 1.52. The van der Waals surface area contributed by atoms with Crippen LogP contribution in [0.2, 0.25) is 0 Å². The van der Waals surface area contributed by atoms with E-state index in [2.05, 4.69) is 36.7 Å². The highest BCUT2D eigenvalue weighted by molar-refractivity contribution is 7.10. The monoisotopic (exact) mass is 251 g/mol. The first-order valence-corrected chi connectivity index (χ1v) is 7.97. The molecule has 1 aliphatic rings. The minimum Gasteiger partial charge on any atom is -0.306 e. The number of hydrogen-bond acceptors (Lipinski definition) is 2. The van der Waals surface area contributed by atoms with Gasteiger partial charge in [0.1, 0.15) is 0 Å². The van der Waals surface area contributed by atoms with Gasteiger partial charge in [-0.1, -0.05) is 39.2 Å². The highest BCUT2D eigenvalue weighted by atomic mass is 32.1. The maximum absolute atomic E-state index is 3.90. The van der Waals surface area contributed by atoms with Gasteiger partial charge in [0.15, 0.2) is 0 Å². The summed E-state index contributed by atoms with van der Waals surface area (Å²) in [6.45, 7) is 4.68. The van der Waals surface area contributed by atoms with E-state index in [4.69, 9.17) is 0 Å². The van der Waals surface area contributed by atoms with Crippen LogP contribution in [0.1, 0.15) is 63.3 Å². The van der Waals surface area contributed by atoms with Gasteiger partial charge in [0.05, 0.1) is 0 Å². The van der Waals surface area contributed by atoms with E-state index in [1.165, 1.54) is 43.4 Å². The molecular weight excluding hydrogens is 226 g/mol. The van der Waals surface area contributed by atoms with Crippen molar-refractivity contribution in [3.8, 4) is 0 Å². The van der Waals surface area contributed by atoms with Crippen LogP contribution in [0.25, 0.3) is 0 Å². The Kier molecular flexibility index (Phi) is 5.05. The standard InChI is InChI=1S/C15H25NS/c1-3-6-14(15-9-5-10-17-15)16-13-8-4-7-12(2)11-13/h5,9-10,12-14,16H,3-4,6-8,11H2,1-2H3. The van der Waals surface area contributed by atoms with Gasteiger partial charge < -0.3 is 5.32 Å². The summed E-state index contributed by atoms with van der Waals surface area (Å²) in [5, 5.41) is 6.10. The summed E-state index contributed by atoms with van der Waals surface area (Å²) in [7, 11) is 0. The summed E-state index contributed by atoms with van der Waals surface area (Å²) in [5.74, 6) is 0.909. The highest BCUT2D eigenvalue weighted by Crippen LogP contribution is 2.29. The van der Waals surface area contributed by atoms with Crippen molar-refractivity contribution in [2.24, 2.45) is 5.92 Å². The average molecular weight is 251 g/mol. The number of hydrogen-bond donors (Lipinski definition) is 1. The molecule has 1 aliphatic carbocycles. The van der Waals surface area contributed by atoms with Crippen LogP contribution in [0, 0.1) is 5.92 Å². The molecule has 0 radical (unpaired) electrons. The van der Waals surface area contributed by atoms with E-state index in [1.807, 2.05) is 11.3 Å². The van der Waals surface area contributed by atoms with E-state index in [9.17, 15) is 0 Å². The summed E-state index contributed by atoms with van der Waals surface area (Å²) < 4.78 is 0. The van der Waals surface area contributed by atoms with Gasteiger partial charge in [-0.2, -0.15) is 0 Å². The molecule has 17 heavy (non-hydrogen) atoms. The molecule has 1 nitrogen and oxygen atoms in total. The summed E-state index contributed by atoms with van der Waals surface area (Å²) in [6, 6.07) is 5.80. The van der Waals surface area contributed by atoms with Crippen molar-refractivity contribution in [3.05, 3.63) is 22.4 Å². The van der Waals surface area contributed by atoms with E-state index in [1.54, 1.807) is 0 Å². The van der Waals surface area contributed by atoms with Crippen molar-refractivity contribution in [3.63, 3.8) is 0 Å². The molecule has 0 bridgehead atoms. The van der Waals surface area contributed by atoms with Crippen molar-refractivity contribution in [2.45, 2.75) is 64.5 Å². The van der Waals surface area contributed by atoms with Gasteiger partial charge in [-0.05, 0) is 36.6 Å². The van der Waals surface area contributed by atoms with Crippen LogP contribution in [-0.4, -0.2) is 6.04 Å². The molecule has 2 rings (SSSR count). The smallest absolute Gasteiger partial charge is 0.0416 e. The zero-order valence-corrected chi connectivity index (χ0v) is 11.9. The molecule has 1 heterocycles. The molecule has 96 valence electrons. The summed E-state index contributed by atoms with van der Waals surface area (Å²) in [5.41, 5.74) is 0. The molecule has 0 saturated heterocycles. The van der Waals surface area contributed by atoms with Gasteiger partial charge >= 0.3 is 0 Å². The van der Waals surface area contributed by atoms with Crippen LogP contribution in [0.15, 0.2) is 17.5 Å². The Morgan fingerprint density at radius 3 is 3.00 bits per heavy atom. The summed E-state index contributed by atoms with van der Waals surface area (Å²) >= 11 is 1.90. The van der Waals surface area contributed by atoms with Crippen LogP contribution in [-0.2, 0) is 0 Å². The Balaban J connectivity index is 1.93. The quantitative estimate of drug-likeness (QED) is 0.795. The highest BCUT2D eigenvalue weighted by Gasteiger charge is 2.22. The molecule has 1 saturated carbocycles. The zero-order valence-electron chi connectivity index (χ0n) is 11.1. The topological polar surface area (TPSA) is 12.0 Å². The largest absolute Gasteiger partial charge is 0.306 e. The first kappa shape index (κ1) is 13.1. The van der Waals surface area contributed by atoms with Crippen molar-refractivity contribution in [1.82, 2.24) is 5.32 Å². The van der Waals surface area contributed by atoms with Crippen molar-refractivity contribution in [2.75, 3.05) is 0 Å². The predicted molar refractivity (Wildman–Crippen MR) is 76.5 cm³/mol. The van der Waals surface area contributed by atoms with Crippen LogP contribution in [0.4, 0.5) is 0 Å². The first-order chi connectivity index (χ1) is 8.29. The second kappa shape index (κ2) is 6.55. The van der Waals surface area contributed by atoms with Gasteiger partial charge in [-0.25, -0.2) is 0 Å². The Morgan fingerprint density at radius 1 is 1.47 bits per heavy atom. The minimum atomic E-state index is 0.593. The van der Waals surface area contributed by atoms with Crippen LogP contribution >= 0.6 is 11.3 Å². The third kappa shape index (κ3) is 3.82.